The van der Waals surface area contributed by atoms with Crippen LogP contribution in [-0.4, -0.2) is 24.2 Å². The van der Waals surface area contributed by atoms with Gasteiger partial charge in [0.2, 0.25) is 0 Å². The Morgan fingerprint density at radius 2 is 2.00 bits per heavy atom. The zero-order valence-corrected chi connectivity index (χ0v) is 11.4. The highest BCUT2D eigenvalue weighted by molar-refractivity contribution is 5.70. The molecule has 0 aliphatic rings. The molecule has 1 unspecified atom stereocenters. The van der Waals surface area contributed by atoms with E-state index in [9.17, 15) is 4.79 Å². The molecule has 1 atom stereocenters. The number of carboxylic acids is 1. The third-order valence-electron chi connectivity index (χ3n) is 3.32. The van der Waals surface area contributed by atoms with Gasteiger partial charge in [0, 0.05) is 6.54 Å². The number of rotatable bonds is 7. The highest BCUT2D eigenvalue weighted by atomic mass is 16.4. The van der Waals surface area contributed by atoms with E-state index in [0.29, 0.717) is 6.54 Å². The van der Waals surface area contributed by atoms with Gasteiger partial charge in [0.15, 0.2) is 0 Å². The third-order valence-corrected chi connectivity index (χ3v) is 3.32. The van der Waals surface area contributed by atoms with Crippen LogP contribution in [0.15, 0.2) is 24.3 Å². The molecule has 0 saturated heterocycles. The summed E-state index contributed by atoms with van der Waals surface area (Å²) in [5.41, 5.74) is 2.61. The van der Waals surface area contributed by atoms with Crippen molar-refractivity contribution in [3.63, 3.8) is 0 Å². The van der Waals surface area contributed by atoms with Crippen LogP contribution in [0.2, 0.25) is 0 Å². The van der Waals surface area contributed by atoms with Gasteiger partial charge in [0.25, 0.3) is 0 Å². The van der Waals surface area contributed by atoms with Gasteiger partial charge in [-0.1, -0.05) is 38.1 Å². The summed E-state index contributed by atoms with van der Waals surface area (Å²) in [5, 5.41) is 12.3. The lowest BCUT2D eigenvalue weighted by Gasteiger charge is -2.16. The number of nitrogens with one attached hydrogen (secondary N) is 1. The van der Waals surface area contributed by atoms with Crippen LogP contribution in [0.25, 0.3) is 0 Å². The summed E-state index contributed by atoms with van der Waals surface area (Å²) in [6, 6.07) is 8.29. The van der Waals surface area contributed by atoms with Crippen LogP contribution in [0, 0.1) is 18.8 Å². The lowest BCUT2D eigenvalue weighted by atomic mass is 9.96. The Bertz CT molecular complexity index is 388. The monoisotopic (exact) mass is 249 g/mol. The van der Waals surface area contributed by atoms with Crippen LogP contribution < -0.4 is 5.32 Å². The Morgan fingerprint density at radius 1 is 1.33 bits per heavy atom. The maximum Gasteiger partial charge on any atom is 0.308 e. The Morgan fingerprint density at radius 3 is 2.56 bits per heavy atom. The molecule has 1 aromatic carbocycles. The van der Waals surface area contributed by atoms with Gasteiger partial charge in [-0.25, -0.2) is 0 Å². The van der Waals surface area contributed by atoms with Crippen molar-refractivity contribution >= 4 is 5.97 Å². The number of benzene rings is 1. The average molecular weight is 249 g/mol. The molecule has 0 bridgehead atoms. The summed E-state index contributed by atoms with van der Waals surface area (Å²) in [5.74, 6) is -0.858. The minimum atomic E-state index is -0.714. The number of aliphatic carboxylic acids is 1. The number of aryl methyl sites for hydroxylation is 1. The smallest absolute Gasteiger partial charge is 0.308 e. The summed E-state index contributed by atoms with van der Waals surface area (Å²) in [6.07, 6.45) is 0.942. The van der Waals surface area contributed by atoms with E-state index in [1.165, 1.54) is 11.1 Å². The van der Waals surface area contributed by atoms with Crippen LogP contribution >= 0.6 is 0 Å². The third kappa shape index (κ3) is 4.49. The van der Waals surface area contributed by atoms with Gasteiger partial charge in [-0.2, -0.15) is 0 Å². The molecule has 0 fully saturated rings. The SMILES string of the molecule is Cc1ccccc1CCNCC(C(=O)O)C(C)C. The average Bonchev–Trinajstić information content (AvgIpc) is 2.30. The maximum absolute atomic E-state index is 11.0. The second-order valence-corrected chi connectivity index (χ2v) is 5.07. The van der Waals surface area contributed by atoms with Crippen LogP contribution in [0.3, 0.4) is 0 Å². The zero-order chi connectivity index (χ0) is 13.5. The molecule has 18 heavy (non-hydrogen) atoms. The first-order valence-corrected chi connectivity index (χ1v) is 6.50. The molecular weight excluding hydrogens is 226 g/mol. The summed E-state index contributed by atoms with van der Waals surface area (Å²) < 4.78 is 0. The van der Waals surface area contributed by atoms with E-state index in [4.69, 9.17) is 5.11 Å². The van der Waals surface area contributed by atoms with E-state index in [1.807, 2.05) is 26.0 Å². The normalized spacial score (nSPS) is 12.7. The minimum Gasteiger partial charge on any atom is -0.481 e. The van der Waals surface area contributed by atoms with Gasteiger partial charge < -0.3 is 10.4 Å². The highest BCUT2D eigenvalue weighted by Gasteiger charge is 2.20. The van der Waals surface area contributed by atoms with E-state index in [2.05, 4.69) is 24.4 Å². The molecule has 1 rings (SSSR count). The lowest BCUT2D eigenvalue weighted by molar-refractivity contribution is -0.143. The fourth-order valence-corrected chi connectivity index (χ4v) is 1.98. The molecular formula is C15H23NO2. The van der Waals surface area contributed by atoms with Crippen LogP contribution in [-0.2, 0) is 11.2 Å². The Kier molecular flexibility index (Phi) is 5.86. The number of hydrogen-bond acceptors (Lipinski definition) is 2. The predicted octanol–water partition coefficient (Wildman–Crippen LogP) is 2.48. The molecule has 0 radical (unpaired) electrons. The van der Waals surface area contributed by atoms with E-state index < -0.39 is 5.97 Å². The summed E-state index contributed by atoms with van der Waals surface area (Å²) in [7, 11) is 0. The first-order chi connectivity index (χ1) is 8.52. The molecule has 0 aliphatic heterocycles. The fourth-order valence-electron chi connectivity index (χ4n) is 1.98. The quantitative estimate of drug-likeness (QED) is 0.730. The van der Waals surface area contributed by atoms with E-state index in [-0.39, 0.29) is 11.8 Å². The van der Waals surface area contributed by atoms with Crippen molar-refractivity contribution in [1.82, 2.24) is 5.32 Å². The largest absolute Gasteiger partial charge is 0.481 e. The van der Waals surface area contributed by atoms with Crippen molar-refractivity contribution in [2.45, 2.75) is 27.2 Å². The molecule has 0 amide bonds. The summed E-state index contributed by atoms with van der Waals surface area (Å²) >= 11 is 0. The predicted molar refractivity (Wildman–Crippen MR) is 73.7 cm³/mol. The van der Waals surface area contributed by atoms with E-state index in [1.54, 1.807) is 0 Å². The molecule has 0 aliphatic carbocycles. The second-order valence-electron chi connectivity index (χ2n) is 5.07. The van der Waals surface area contributed by atoms with Crippen molar-refractivity contribution < 1.29 is 9.90 Å². The van der Waals surface area contributed by atoms with Crippen LogP contribution in [0.1, 0.15) is 25.0 Å². The summed E-state index contributed by atoms with van der Waals surface area (Å²) in [6.45, 7) is 7.35. The first kappa shape index (κ1) is 14.7. The number of hydrogen-bond donors (Lipinski definition) is 2. The van der Waals surface area contributed by atoms with E-state index in [0.717, 1.165) is 13.0 Å². The molecule has 0 saturated carbocycles. The van der Waals surface area contributed by atoms with Gasteiger partial charge in [0.05, 0.1) is 5.92 Å². The lowest BCUT2D eigenvalue weighted by Crippen LogP contribution is -2.33. The Hall–Kier alpha value is -1.35. The molecule has 0 spiro atoms. The molecule has 100 valence electrons. The molecule has 0 aromatic heterocycles. The topological polar surface area (TPSA) is 49.3 Å². The number of carbonyl (C=O) groups is 1. The number of carboxylic acid groups (broad SMARTS) is 1. The van der Waals surface area contributed by atoms with Crippen molar-refractivity contribution in [3.05, 3.63) is 35.4 Å². The molecule has 3 nitrogen and oxygen atoms in total. The van der Waals surface area contributed by atoms with Gasteiger partial charge >= 0.3 is 5.97 Å². The first-order valence-electron chi connectivity index (χ1n) is 6.50. The van der Waals surface area contributed by atoms with Gasteiger partial charge in [-0.05, 0) is 36.9 Å². The standard InChI is InChI=1S/C15H23NO2/c1-11(2)14(15(17)18)10-16-9-8-13-7-5-4-6-12(13)3/h4-7,11,14,16H,8-10H2,1-3H3,(H,17,18). The summed E-state index contributed by atoms with van der Waals surface area (Å²) in [4.78, 5) is 11.0. The van der Waals surface area contributed by atoms with Crippen molar-refractivity contribution in [2.24, 2.45) is 11.8 Å². The van der Waals surface area contributed by atoms with E-state index >= 15 is 0 Å². The molecule has 1 aromatic rings. The van der Waals surface area contributed by atoms with Crippen LogP contribution in [0.4, 0.5) is 0 Å². The highest BCUT2D eigenvalue weighted by Crippen LogP contribution is 2.10. The van der Waals surface area contributed by atoms with Gasteiger partial charge in [-0.15, -0.1) is 0 Å². The van der Waals surface area contributed by atoms with Gasteiger partial charge in [-0.3, -0.25) is 4.79 Å². The molecule has 2 N–H and O–H groups in total. The maximum atomic E-state index is 11.0. The molecule has 3 heteroatoms. The Labute approximate surface area is 109 Å². The molecule has 0 heterocycles. The minimum absolute atomic E-state index is 0.161. The second kappa shape index (κ2) is 7.17. The van der Waals surface area contributed by atoms with Crippen molar-refractivity contribution in [3.8, 4) is 0 Å². The van der Waals surface area contributed by atoms with Crippen LogP contribution in [0.5, 0.6) is 0 Å². The van der Waals surface area contributed by atoms with Crippen molar-refractivity contribution in [2.75, 3.05) is 13.1 Å². The Balaban J connectivity index is 2.34. The van der Waals surface area contributed by atoms with Crippen molar-refractivity contribution in [1.29, 1.82) is 0 Å². The zero-order valence-electron chi connectivity index (χ0n) is 11.4. The fraction of sp³-hybridized carbons (Fsp3) is 0.533. The van der Waals surface area contributed by atoms with Gasteiger partial charge in [0.1, 0.15) is 0 Å².